The molecule has 4 rings (SSSR count). The first-order valence-corrected chi connectivity index (χ1v) is 14.2. The summed E-state index contributed by atoms with van der Waals surface area (Å²) in [5, 5.41) is 0. The lowest BCUT2D eigenvalue weighted by Gasteiger charge is -2.34. The van der Waals surface area contributed by atoms with E-state index in [0.29, 0.717) is 25.3 Å². The normalized spacial score (nSPS) is 15.4. The lowest BCUT2D eigenvalue weighted by molar-refractivity contribution is -0.150. The van der Waals surface area contributed by atoms with E-state index in [0.717, 1.165) is 59.7 Å². The van der Waals surface area contributed by atoms with Crippen molar-refractivity contribution in [2.45, 2.75) is 72.1 Å². The number of nitrogens with zero attached hydrogens (tertiary/aromatic N) is 3. The molecule has 0 fully saturated rings. The SMILES string of the molecule is C=CCN1CCc2nc(CCC)n(Cc3ccc(-c4ccccc4C(=O)OC(C)(C)C)cc3)c2C1C(=O)OCC. The van der Waals surface area contributed by atoms with Crippen LogP contribution in [0.2, 0.25) is 0 Å². The molecule has 1 aliphatic rings. The van der Waals surface area contributed by atoms with Gasteiger partial charge >= 0.3 is 11.9 Å². The Balaban J connectivity index is 1.68. The molecule has 0 saturated heterocycles. The molecule has 3 aromatic rings. The first-order chi connectivity index (χ1) is 19.2. The van der Waals surface area contributed by atoms with E-state index < -0.39 is 11.6 Å². The van der Waals surface area contributed by atoms with Gasteiger partial charge in [-0.25, -0.2) is 14.6 Å². The summed E-state index contributed by atoms with van der Waals surface area (Å²) in [7, 11) is 0. The van der Waals surface area contributed by atoms with Gasteiger partial charge in [-0.05, 0) is 56.9 Å². The third kappa shape index (κ3) is 6.53. The predicted molar refractivity (Wildman–Crippen MR) is 157 cm³/mol. The summed E-state index contributed by atoms with van der Waals surface area (Å²) in [6.07, 6.45) is 4.39. The van der Waals surface area contributed by atoms with Crippen molar-refractivity contribution in [1.29, 1.82) is 0 Å². The monoisotopic (exact) mass is 543 g/mol. The molecule has 1 unspecified atom stereocenters. The lowest BCUT2D eigenvalue weighted by atomic mass is 9.98. The summed E-state index contributed by atoms with van der Waals surface area (Å²) in [6.45, 7) is 15.7. The van der Waals surface area contributed by atoms with Gasteiger partial charge in [-0.1, -0.05) is 55.5 Å². The second kappa shape index (κ2) is 12.6. The quantitative estimate of drug-likeness (QED) is 0.225. The van der Waals surface area contributed by atoms with Crippen LogP contribution in [0.3, 0.4) is 0 Å². The molecule has 2 heterocycles. The van der Waals surface area contributed by atoms with E-state index in [9.17, 15) is 9.59 Å². The number of hydrogen-bond acceptors (Lipinski definition) is 6. The Morgan fingerprint density at radius 3 is 2.48 bits per heavy atom. The molecule has 7 nitrogen and oxygen atoms in total. The Morgan fingerprint density at radius 1 is 1.10 bits per heavy atom. The van der Waals surface area contributed by atoms with E-state index in [2.05, 4.69) is 35.1 Å². The minimum Gasteiger partial charge on any atom is -0.465 e. The van der Waals surface area contributed by atoms with Crippen LogP contribution in [0.4, 0.5) is 0 Å². The van der Waals surface area contributed by atoms with Crippen LogP contribution in [-0.2, 0) is 33.7 Å². The van der Waals surface area contributed by atoms with Gasteiger partial charge in [0.2, 0.25) is 0 Å². The zero-order valence-electron chi connectivity index (χ0n) is 24.4. The maximum absolute atomic E-state index is 13.2. The molecule has 0 spiro atoms. The number of carbonyl (C=O) groups excluding carboxylic acids is 2. The Hall–Kier alpha value is -3.71. The van der Waals surface area contributed by atoms with E-state index in [1.54, 1.807) is 6.07 Å². The summed E-state index contributed by atoms with van der Waals surface area (Å²) in [5.41, 5.74) is 4.72. The van der Waals surface area contributed by atoms with Crippen molar-refractivity contribution in [3.63, 3.8) is 0 Å². The van der Waals surface area contributed by atoms with Crippen molar-refractivity contribution in [3.05, 3.63) is 89.5 Å². The van der Waals surface area contributed by atoms with Crippen molar-refractivity contribution in [1.82, 2.24) is 14.5 Å². The number of aromatic nitrogens is 2. The minimum atomic E-state index is -0.573. The zero-order valence-corrected chi connectivity index (χ0v) is 24.4. The average Bonchev–Trinajstić information content (AvgIpc) is 3.25. The number of rotatable bonds is 10. The van der Waals surface area contributed by atoms with E-state index in [4.69, 9.17) is 14.5 Å². The standard InChI is InChI=1S/C33H41N3O4/c1-7-12-28-34-27-19-21-35(20-8-2)30(32(38)39-9-3)29(27)36(28)22-23-15-17-24(18-16-23)25-13-10-11-14-26(25)31(37)40-33(4,5)6/h8,10-11,13-18,30H,2,7,9,12,19-22H2,1,3-6H3. The van der Waals surface area contributed by atoms with Gasteiger partial charge in [0.1, 0.15) is 11.4 Å². The lowest BCUT2D eigenvalue weighted by Crippen LogP contribution is -2.41. The summed E-state index contributed by atoms with van der Waals surface area (Å²) in [6, 6.07) is 15.2. The van der Waals surface area contributed by atoms with Gasteiger partial charge in [0, 0.05) is 32.5 Å². The molecule has 0 bridgehead atoms. The van der Waals surface area contributed by atoms with E-state index in [-0.39, 0.29) is 11.9 Å². The number of benzene rings is 2. The van der Waals surface area contributed by atoms with Crippen molar-refractivity contribution < 1.29 is 19.1 Å². The molecule has 0 amide bonds. The summed E-state index contributed by atoms with van der Waals surface area (Å²) in [5.74, 6) is 0.403. The molecular formula is C33H41N3O4. The molecule has 0 aliphatic carbocycles. The highest BCUT2D eigenvalue weighted by molar-refractivity contribution is 5.97. The van der Waals surface area contributed by atoms with Crippen molar-refractivity contribution >= 4 is 11.9 Å². The predicted octanol–water partition coefficient (Wildman–Crippen LogP) is 6.15. The molecule has 212 valence electrons. The van der Waals surface area contributed by atoms with Crippen molar-refractivity contribution in [3.8, 4) is 11.1 Å². The second-order valence-corrected chi connectivity index (χ2v) is 11.1. The first kappa shape index (κ1) is 29.3. The van der Waals surface area contributed by atoms with Gasteiger partial charge in [0.05, 0.1) is 23.6 Å². The van der Waals surface area contributed by atoms with E-state index >= 15 is 0 Å². The summed E-state index contributed by atoms with van der Waals surface area (Å²) >= 11 is 0. The maximum Gasteiger partial charge on any atom is 0.339 e. The molecule has 2 aromatic carbocycles. The number of esters is 2. The first-order valence-electron chi connectivity index (χ1n) is 14.2. The molecule has 1 aliphatic heterocycles. The third-order valence-corrected chi connectivity index (χ3v) is 6.92. The smallest absolute Gasteiger partial charge is 0.339 e. The highest BCUT2D eigenvalue weighted by atomic mass is 16.6. The molecule has 1 aromatic heterocycles. The van der Waals surface area contributed by atoms with Gasteiger partial charge in [0.15, 0.2) is 6.04 Å². The fourth-order valence-electron chi connectivity index (χ4n) is 5.26. The molecular weight excluding hydrogens is 502 g/mol. The molecule has 0 N–H and O–H groups in total. The van der Waals surface area contributed by atoms with Crippen LogP contribution in [0.25, 0.3) is 11.1 Å². The number of aryl methyl sites for hydroxylation is 1. The minimum absolute atomic E-state index is 0.247. The van der Waals surface area contributed by atoms with Gasteiger partial charge < -0.3 is 14.0 Å². The topological polar surface area (TPSA) is 73.7 Å². The number of fused-ring (bicyclic) bond motifs is 1. The van der Waals surface area contributed by atoms with Crippen LogP contribution in [-0.4, -0.2) is 51.7 Å². The van der Waals surface area contributed by atoms with E-state index in [1.807, 2.05) is 64.1 Å². The van der Waals surface area contributed by atoms with Crippen LogP contribution in [0.15, 0.2) is 61.2 Å². The number of imidazole rings is 1. The van der Waals surface area contributed by atoms with Crippen LogP contribution in [0.5, 0.6) is 0 Å². The Morgan fingerprint density at radius 2 is 1.82 bits per heavy atom. The summed E-state index contributed by atoms with van der Waals surface area (Å²) in [4.78, 5) is 33.2. The number of ether oxygens (including phenoxy) is 2. The largest absolute Gasteiger partial charge is 0.465 e. The third-order valence-electron chi connectivity index (χ3n) is 6.92. The van der Waals surface area contributed by atoms with Gasteiger partial charge in [-0.3, -0.25) is 4.90 Å². The fourth-order valence-corrected chi connectivity index (χ4v) is 5.26. The molecule has 0 saturated carbocycles. The van der Waals surface area contributed by atoms with Gasteiger partial charge in [-0.2, -0.15) is 0 Å². The van der Waals surface area contributed by atoms with Gasteiger partial charge in [-0.15, -0.1) is 6.58 Å². The van der Waals surface area contributed by atoms with Crippen molar-refractivity contribution in [2.75, 3.05) is 19.7 Å². The van der Waals surface area contributed by atoms with E-state index in [1.165, 1.54) is 0 Å². The highest BCUT2D eigenvalue weighted by Crippen LogP contribution is 2.33. The Kier molecular flexibility index (Phi) is 9.25. The van der Waals surface area contributed by atoms with Crippen molar-refractivity contribution in [2.24, 2.45) is 0 Å². The molecule has 1 atom stereocenters. The zero-order chi connectivity index (χ0) is 28.9. The molecule has 40 heavy (non-hydrogen) atoms. The molecule has 7 heteroatoms. The van der Waals surface area contributed by atoms with Crippen LogP contribution >= 0.6 is 0 Å². The fraction of sp³-hybridized carbons (Fsp3) is 0.424. The summed E-state index contributed by atoms with van der Waals surface area (Å²) < 4.78 is 13.4. The Labute approximate surface area is 237 Å². The average molecular weight is 544 g/mol. The van der Waals surface area contributed by atoms with Crippen LogP contribution in [0.1, 0.15) is 80.2 Å². The number of hydrogen-bond donors (Lipinski definition) is 0. The number of carbonyl (C=O) groups is 2. The highest BCUT2D eigenvalue weighted by Gasteiger charge is 2.38. The van der Waals surface area contributed by atoms with Crippen LogP contribution < -0.4 is 0 Å². The Bertz CT molecular complexity index is 1350. The van der Waals surface area contributed by atoms with Crippen LogP contribution in [0, 0.1) is 0 Å². The molecule has 0 radical (unpaired) electrons. The van der Waals surface area contributed by atoms with Gasteiger partial charge in [0.25, 0.3) is 0 Å². The second-order valence-electron chi connectivity index (χ2n) is 11.1. The maximum atomic E-state index is 13.2.